The molecule has 2 heterocycles. The molecule has 1 saturated heterocycles. The van der Waals surface area contributed by atoms with Gasteiger partial charge in [0.15, 0.2) is 6.04 Å². The average molecular weight is 571 g/mol. The van der Waals surface area contributed by atoms with Gasteiger partial charge in [0.1, 0.15) is 16.0 Å². The lowest BCUT2D eigenvalue weighted by Gasteiger charge is -2.40. The van der Waals surface area contributed by atoms with Crippen LogP contribution in [0.2, 0.25) is 0 Å². The third-order valence-electron chi connectivity index (χ3n) is 8.02. The summed E-state index contributed by atoms with van der Waals surface area (Å²) in [6.45, 7) is 0. The van der Waals surface area contributed by atoms with E-state index >= 15 is 0 Å². The number of nitrogens with zero attached hydrogens (tertiary/aromatic N) is 2. The lowest BCUT2D eigenvalue weighted by Crippen LogP contribution is -2.47. The number of fused-ring (bicyclic) bond motifs is 4. The SMILES string of the molecule is O=S(=O)([O-])CN1C(=CC2=[N+](CS(=O)(=O)O)C3C(CCC4CCCCC43)S2)SC2CCC(Cl)CC21. The lowest BCUT2D eigenvalue weighted by atomic mass is 9.68. The molecule has 3 aliphatic carbocycles. The van der Waals surface area contributed by atoms with Gasteiger partial charge in [-0.1, -0.05) is 12.8 Å². The van der Waals surface area contributed by atoms with Crippen molar-refractivity contribution in [1.82, 2.24) is 4.90 Å². The predicted octanol–water partition coefficient (Wildman–Crippen LogP) is 3.25. The second kappa shape index (κ2) is 9.72. The molecule has 0 aromatic carbocycles. The Morgan fingerprint density at radius 2 is 1.79 bits per heavy atom. The van der Waals surface area contributed by atoms with Crippen LogP contribution in [0.5, 0.6) is 0 Å². The summed E-state index contributed by atoms with van der Waals surface area (Å²) in [5, 5.41) is 1.76. The number of alkyl halides is 1. The molecule has 1 N–H and O–H groups in total. The van der Waals surface area contributed by atoms with Crippen LogP contribution in [0.3, 0.4) is 0 Å². The van der Waals surface area contributed by atoms with Crippen molar-refractivity contribution in [3.8, 4) is 0 Å². The third-order valence-corrected chi connectivity index (χ3v) is 12.5. The third kappa shape index (κ3) is 5.47. The first-order valence-electron chi connectivity index (χ1n) is 12.0. The Balaban J connectivity index is 1.53. The van der Waals surface area contributed by atoms with Crippen LogP contribution in [0.4, 0.5) is 0 Å². The van der Waals surface area contributed by atoms with Gasteiger partial charge in [0.05, 0.1) is 10.3 Å². The van der Waals surface area contributed by atoms with Crippen LogP contribution >= 0.6 is 35.1 Å². The maximum atomic E-state index is 12.0. The maximum Gasteiger partial charge on any atom is 0.326 e. The van der Waals surface area contributed by atoms with Crippen molar-refractivity contribution in [1.29, 1.82) is 0 Å². The van der Waals surface area contributed by atoms with Crippen molar-refractivity contribution in [2.45, 2.75) is 85.7 Å². The minimum atomic E-state index is -4.51. The quantitative estimate of drug-likeness (QED) is 0.302. The van der Waals surface area contributed by atoms with Crippen molar-refractivity contribution in [2.24, 2.45) is 11.8 Å². The number of thioether (sulfide) groups is 2. The van der Waals surface area contributed by atoms with Crippen LogP contribution in [-0.2, 0) is 20.2 Å². The predicted molar refractivity (Wildman–Crippen MR) is 135 cm³/mol. The molecule has 5 rings (SSSR count). The second-order valence-electron chi connectivity index (χ2n) is 10.2. The molecule has 0 aromatic heterocycles. The molecule has 8 nitrogen and oxygen atoms in total. The first-order chi connectivity index (χ1) is 16.0. The first kappa shape index (κ1) is 25.7. The average Bonchev–Trinajstić information content (AvgIpc) is 3.24. The molecule has 192 valence electrons. The molecule has 13 heteroatoms. The van der Waals surface area contributed by atoms with Gasteiger partial charge in [-0.05, 0) is 62.6 Å². The molecule has 3 saturated carbocycles. The summed E-state index contributed by atoms with van der Waals surface area (Å²) in [6.07, 6.45) is 10.9. The molecule has 0 radical (unpaired) electrons. The van der Waals surface area contributed by atoms with Crippen LogP contribution in [0.15, 0.2) is 11.1 Å². The summed E-state index contributed by atoms with van der Waals surface area (Å²) < 4.78 is 70.9. The highest BCUT2D eigenvalue weighted by molar-refractivity contribution is 8.15. The van der Waals surface area contributed by atoms with Gasteiger partial charge in [0, 0.05) is 28.7 Å². The molecule has 0 amide bonds. The van der Waals surface area contributed by atoms with Crippen molar-refractivity contribution < 1.29 is 30.5 Å². The number of rotatable bonds is 5. The molecule has 34 heavy (non-hydrogen) atoms. The van der Waals surface area contributed by atoms with Gasteiger partial charge in [-0.3, -0.25) is 4.55 Å². The Labute approximate surface area is 215 Å². The largest absolute Gasteiger partial charge is 0.747 e. The zero-order valence-electron chi connectivity index (χ0n) is 18.8. The Kier molecular flexibility index (Phi) is 7.34. The van der Waals surface area contributed by atoms with Crippen LogP contribution in [-0.4, -0.2) is 80.2 Å². The molecule has 5 aliphatic rings. The fraction of sp³-hybridized carbons (Fsp3) is 0.857. The Hall–Kier alpha value is 0.0200. The molecule has 0 bridgehead atoms. The lowest BCUT2D eigenvalue weighted by molar-refractivity contribution is -0.556. The zero-order valence-corrected chi connectivity index (χ0v) is 22.8. The Morgan fingerprint density at radius 3 is 2.53 bits per heavy atom. The van der Waals surface area contributed by atoms with Gasteiger partial charge >= 0.3 is 10.1 Å². The van der Waals surface area contributed by atoms with Crippen LogP contribution < -0.4 is 0 Å². The minimum Gasteiger partial charge on any atom is -0.747 e. The number of hydrogen-bond donors (Lipinski definition) is 1. The van der Waals surface area contributed by atoms with Gasteiger partial charge in [-0.2, -0.15) is 8.42 Å². The molecule has 0 spiro atoms. The highest BCUT2D eigenvalue weighted by Crippen LogP contribution is 2.50. The highest BCUT2D eigenvalue weighted by Gasteiger charge is 2.53. The number of hydrogen-bond acceptors (Lipinski definition) is 8. The van der Waals surface area contributed by atoms with E-state index in [2.05, 4.69) is 0 Å². The van der Waals surface area contributed by atoms with Crippen LogP contribution in [0.1, 0.15) is 57.8 Å². The summed E-state index contributed by atoms with van der Waals surface area (Å²) in [6, 6.07) is -0.0985. The van der Waals surface area contributed by atoms with Gasteiger partial charge in [0.25, 0.3) is 5.88 Å². The van der Waals surface area contributed by atoms with Gasteiger partial charge in [0.2, 0.25) is 5.04 Å². The molecule has 7 unspecified atom stereocenters. The summed E-state index contributed by atoms with van der Waals surface area (Å²) >= 11 is 9.58. The van der Waals surface area contributed by atoms with Crippen LogP contribution in [0, 0.1) is 11.8 Å². The van der Waals surface area contributed by atoms with E-state index in [1.807, 2.05) is 10.7 Å². The molecule has 7 atom stereocenters. The molecule has 0 aromatic rings. The normalized spacial score (nSPS) is 39.8. The summed E-state index contributed by atoms with van der Waals surface area (Å²) in [4.78, 5) is 1.66. The van der Waals surface area contributed by atoms with E-state index < -0.39 is 32.0 Å². The van der Waals surface area contributed by atoms with Gasteiger partial charge < -0.3 is 9.45 Å². The van der Waals surface area contributed by atoms with Gasteiger partial charge in [-0.25, -0.2) is 13.0 Å². The Morgan fingerprint density at radius 1 is 1.06 bits per heavy atom. The van der Waals surface area contributed by atoms with Crippen molar-refractivity contribution in [2.75, 3.05) is 11.8 Å². The van der Waals surface area contributed by atoms with E-state index in [4.69, 9.17) is 11.6 Å². The summed E-state index contributed by atoms with van der Waals surface area (Å²) in [5.74, 6) is -0.112. The summed E-state index contributed by atoms with van der Waals surface area (Å²) in [5.41, 5.74) is 0. The van der Waals surface area contributed by atoms with E-state index in [0.717, 1.165) is 43.6 Å². The van der Waals surface area contributed by atoms with Gasteiger partial charge in [-0.15, -0.1) is 23.4 Å². The van der Waals surface area contributed by atoms with E-state index in [1.54, 1.807) is 28.4 Å². The summed E-state index contributed by atoms with van der Waals surface area (Å²) in [7, 11) is -8.76. The maximum absolute atomic E-state index is 12.0. The first-order valence-corrected chi connectivity index (χ1v) is 17.3. The molecular formula is C21H31ClN2O6S4. The topological polar surface area (TPSA) is 118 Å². The van der Waals surface area contributed by atoms with Crippen molar-refractivity contribution in [3.63, 3.8) is 0 Å². The van der Waals surface area contributed by atoms with E-state index in [1.165, 1.54) is 12.8 Å². The van der Waals surface area contributed by atoms with E-state index in [0.29, 0.717) is 23.3 Å². The molecule has 2 aliphatic heterocycles. The van der Waals surface area contributed by atoms with Crippen molar-refractivity contribution in [3.05, 3.63) is 11.1 Å². The minimum absolute atomic E-state index is 0.0374. The molecule has 4 fully saturated rings. The van der Waals surface area contributed by atoms with E-state index in [-0.39, 0.29) is 28.0 Å². The van der Waals surface area contributed by atoms with E-state index in [9.17, 15) is 25.9 Å². The zero-order chi connectivity index (χ0) is 24.3. The standard InChI is InChI=1S/C21H31ClN2O6S4/c22-14-6-8-17-16(9-14)23(11-33(25,26)27)19(31-17)10-20-24(12-34(28,29)30)21-15-4-2-1-3-13(15)5-7-18(21)32-20/h10,13-18,21H,1-9,11-12H2,(H-,25,26,27,28,29,30). The second-order valence-corrected chi connectivity index (χ2v) is 16.2. The molecular weight excluding hydrogens is 540 g/mol. The fourth-order valence-corrected chi connectivity index (χ4v) is 11.6. The number of halogens is 1. The monoisotopic (exact) mass is 570 g/mol. The van der Waals surface area contributed by atoms with Crippen LogP contribution in [0.25, 0.3) is 0 Å². The highest BCUT2D eigenvalue weighted by atomic mass is 35.5. The Bertz CT molecular complexity index is 1090. The smallest absolute Gasteiger partial charge is 0.326 e. The fourth-order valence-electron chi connectivity index (χ4n) is 6.71. The van der Waals surface area contributed by atoms with Crippen molar-refractivity contribution >= 4 is 60.4 Å².